The summed E-state index contributed by atoms with van der Waals surface area (Å²) in [7, 11) is 3.43. The Hall–Kier alpha value is -4.04. The molecule has 8 heteroatoms. The lowest BCUT2D eigenvalue weighted by molar-refractivity contribution is 0.0789. The van der Waals surface area contributed by atoms with Gasteiger partial charge in [-0.1, -0.05) is 48.5 Å². The second-order valence-corrected chi connectivity index (χ2v) is 9.21. The minimum absolute atomic E-state index is 0.143. The topological polar surface area (TPSA) is 73.0 Å². The molecule has 0 fully saturated rings. The van der Waals surface area contributed by atoms with E-state index in [1.165, 1.54) is 22.2 Å². The van der Waals surface area contributed by atoms with Crippen LogP contribution in [-0.4, -0.2) is 37.2 Å². The van der Waals surface area contributed by atoms with Crippen LogP contribution in [0, 0.1) is 6.92 Å². The number of nitrogens with zero attached hydrogens (tertiary/aromatic N) is 5. The molecule has 3 aromatic heterocycles. The molecule has 5 rings (SSSR count). The zero-order valence-corrected chi connectivity index (χ0v) is 19.9. The highest BCUT2D eigenvalue weighted by Gasteiger charge is 2.23. The van der Waals surface area contributed by atoms with E-state index in [0.29, 0.717) is 27.2 Å². The Balaban J connectivity index is 1.52. The van der Waals surface area contributed by atoms with Crippen molar-refractivity contribution in [2.45, 2.75) is 13.5 Å². The summed E-state index contributed by atoms with van der Waals surface area (Å²) in [5.41, 5.74) is 4.22. The number of hydrogen-bond donors (Lipinski definition) is 0. The van der Waals surface area contributed by atoms with Crippen LogP contribution in [0.5, 0.6) is 0 Å². The van der Waals surface area contributed by atoms with Gasteiger partial charge in [0, 0.05) is 38.0 Å². The van der Waals surface area contributed by atoms with E-state index in [1.807, 2.05) is 78.5 Å². The van der Waals surface area contributed by atoms with Gasteiger partial charge in [-0.05, 0) is 24.6 Å². The number of benzene rings is 2. The Bertz CT molecular complexity index is 1550. The number of amides is 1. The molecule has 5 aromatic rings. The fraction of sp³-hybridized carbons (Fsp3) is 0.154. The van der Waals surface area contributed by atoms with Gasteiger partial charge in [-0.3, -0.25) is 9.59 Å². The molecule has 0 radical (unpaired) electrons. The third-order valence-electron chi connectivity index (χ3n) is 5.82. The van der Waals surface area contributed by atoms with Crippen LogP contribution in [0.2, 0.25) is 0 Å². The number of carbonyl (C=O) groups is 1. The molecule has 0 bridgehead atoms. The second-order valence-electron chi connectivity index (χ2n) is 8.21. The maximum atomic E-state index is 13.4. The van der Waals surface area contributed by atoms with Crippen LogP contribution in [0.1, 0.15) is 20.8 Å². The number of rotatable bonds is 5. The number of para-hydroxylation sites is 1. The Kier molecular flexibility index (Phi) is 5.59. The molecule has 170 valence electrons. The quantitative estimate of drug-likeness (QED) is 0.382. The zero-order valence-electron chi connectivity index (χ0n) is 19.1. The van der Waals surface area contributed by atoms with Crippen LogP contribution in [0.3, 0.4) is 0 Å². The molecule has 0 saturated heterocycles. The van der Waals surface area contributed by atoms with Gasteiger partial charge in [0.1, 0.15) is 4.83 Å². The third-order valence-corrected chi connectivity index (χ3v) is 7.00. The standard InChI is InChI=1S/C26H23N5O2S/c1-17-21-24(27-16-30(3)25(21)32)34-23(17)26(33)29(2)14-19-15-31(20-12-8-5-9-13-20)28-22(19)18-10-6-4-7-11-18/h4-13,15-16H,14H2,1-3H3. The lowest BCUT2D eigenvalue weighted by atomic mass is 10.1. The van der Waals surface area contributed by atoms with Crippen molar-refractivity contribution in [1.29, 1.82) is 0 Å². The first-order valence-electron chi connectivity index (χ1n) is 10.8. The Labute approximate surface area is 200 Å². The number of aryl methyl sites for hydroxylation is 2. The minimum atomic E-state index is -0.144. The van der Waals surface area contributed by atoms with Gasteiger partial charge in [0.15, 0.2) is 0 Å². The summed E-state index contributed by atoms with van der Waals surface area (Å²) < 4.78 is 3.28. The van der Waals surface area contributed by atoms with Gasteiger partial charge in [-0.2, -0.15) is 5.10 Å². The molecule has 7 nitrogen and oxygen atoms in total. The maximum Gasteiger partial charge on any atom is 0.264 e. The number of aromatic nitrogens is 4. The van der Waals surface area contributed by atoms with Crippen molar-refractivity contribution in [2.24, 2.45) is 7.05 Å². The summed E-state index contributed by atoms with van der Waals surface area (Å²) in [6.45, 7) is 2.18. The van der Waals surface area contributed by atoms with E-state index in [4.69, 9.17) is 5.10 Å². The molecule has 0 aliphatic heterocycles. The molecule has 1 amide bonds. The van der Waals surface area contributed by atoms with E-state index >= 15 is 0 Å². The lowest BCUT2D eigenvalue weighted by Gasteiger charge is -2.16. The Morgan fingerprint density at radius 3 is 2.44 bits per heavy atom. The maximum absolute atomic E-state index is 13.4. The Morgan fingerprint density at radius 1 is 1.06 bits per heavy atom. The molecular formula is C26H23N5O2S. The first kappa shape index (κ1) is 21.8. The van der Waals surface area contributed by atoms with E-state index in [-0.39, 0.29) is 11.5 Å². The van der Waals surface area contributed by atoms with Crippen molar-refractivity contribution < 1.29 is 4.79 Å². The van der Waals surface area contributed by atoms with Gasteiger partial charge >= 0.3 is 0 Å². The Morgan fingerprint density at radius 2 is 1.74 bits per heavy atom. The summed E-state index contributed by atoms with van der Waals surface area (Å²) in [6.07, 6.45) is 3.46. The lowest BCUT2D eigenvalue weighted by Crippen LogP contribution is -2.26. The fourth-order valence-corrected chi connectivity index (χ4v) is 5.12. The first-order valence-corrected chi connectivity index (χ1v) is 11.6. The predicted octanol–water partition coefficient (Wildman–Crippen LogP) is 4.43. The summed E-state index contributed by atoms with van der Waals surface area (Å²) >= 11 is 1.26. The second kappa shape index (κ2) is 8.72. The zero-order chi connectivity index (χ0) is 23.8. The van der Waals surface area contributed by atoms with Crippen LogP contribution < -0.4 is 5.56 Å². The van der Waals surface area contributed by atoms with Gasteiger partial charge in [-0.15, -0.1) is 11.3 Å². The van der Waals surface area contributed by atoms with Crippen molar-refractivity contribution >= 4 is 27.5 Å². The smallest absolute Gasteiger partial charge is 0.264 e. The van der Waals surface area contributed by atoms with Crippen molar-refractivity contribution in [1.82, 2.24) is 24.2 Å². The summed E-state index contributed by atoms with van der Waals surface area (Å²) in [5.74, 6) is -0.144. The number of fused-ring (bicyclic) bond motifs is 1. The van der Waals surface area contributed by atoms with Gasteiger partial charge in [0.05, 0.1) is 28.0 Å². The monoisotopic (exact) mass is 469 g/mol. The van der Waals surface area contributed by atoms with E-state index in [9.17, 15) is 9.59 Å². The highest BCUT2D eigenvalue weighted by atomic mass is 32.1. The van der Waals surface area contributed by atoms with E-state index < -0.39 is 0 Å². The van der Waals surface area contributed by atoms with Crippen LogP contribution >= 0.6 is 11.3 Å². The van der Waals surface area contributed by atoms with Gasteiger partial charge < -0.3 is 9.47 Å². The summed E-state index contributed by atoms with van der Waals surface area (Å²) in [5, 5.41) is 5.34. The predicted molar refractivity (Wildman–Crippen MR) is 134 cm³/mol. The molecule has 0 atom stereocenters. The van der Waals surface area contributed by atoms with Crippen LogP contribution in [0.4, 0.5) is 0 Å². The molecule has 0 aliphatic carbocycles. The largest absolute Gasteiger partial charge is 0.337 e. The average molecular weight is 470 g/mol. The third kappa shape index (κ3) is 3.82. The molecule has 34 heavy (non-hydrogen) atoms. The van der Waals surface area contributed by atoms with Crippen molar-refractivity contribution in [2.75, 3.05) is 7.05 Å². The summed E-state index contributed by atoms with van der Waals surface area (Å²) in [4.78, 5) is 33.1. The van der Waals surface area contributed by atoms with Gasteiger partial charge in [0.2, 0.25) is 0 Å². The van der Waals surface area contributed by atoms with Gasteiger partial charge in [-0.25, -0.2) is 9.67 Å². The fourth-order valence-electron chi connectivity index (χ4n) is 3.99. The molecule has 0 N–H and O–H groups in total. The highest BCUT2D eigenvalue weighted by Crippen LogP contribution is 2.29. The molecule has 3 heterocycles. The van der Waals surface area contributed by atoms with Crippen LogP contribution in [0.25, 0.3) is 27.2 Å². The van der Waals surface area contributed by atoms with Crippen LogP contribution in [0.15, 0.2) is 78.0 Å². The van der Waals surface area contributed by atoms with Crippen molar-refractivity contribution in [3.8, 4) is 16.9 Å². The van der Waals surface area contributed by atoms with Gasteiger partial charge in [0.25, 0.3) is 11.5 Å². The minimum Gasteiger partial charge on any atom is -0.337 e. The molecular weight excluding hydrogens is 446 g/mol. The number of thiophene rings is 1. The van der Waals surface area contributed by atoms with Crippen molar-refractivity contribution in [3.05, 3.63) is 99.5 Å². The first-order chi connectivity index (χ1) is 16.4. The van der Waals surface area contributed by atoms with E-state index in [2.05, 4.69) is 4.98 Å². The highest BCUT2D eigenvalue weighted by molar-refractivity contribution is 7.20. The van der Waals surface area contributed by atoms with Crippen LogP contribution in [-0.2, 0) is 13.6 Å². The number of hydrogen-bond acceptors (Lipinski definition) is 5. The molecule has 0 aliphatic rings. The number of carbonyl (C=O) groups excluding carboxylic acids is 1. The average Bonchev–Trinajstić information content (AvgIpc) is 3.43. The SMILES string of the molecule is Cc1c(C(=O)N(C)Cc2cn(-c3ccccc3)nc2-c2ccccc2)sc2ncn(C)c(=O)c12. The molecule has 0 saturated carbocycles. The summed E-state index contributed by atoms with van der Waals surface area (Å²) in [6, 6.07) is 19.8. The van der Waals surface area contributed by atoms with Crippen molar-refractivity contribution in [3.63, 3.8) is 0 Å². The molecule has 0 unspecified atom stereocenters. The van der Waals surface area contributed by atoms with E-state index in [1.54, 1.807) is 19.0 Å². The molecule has 0 spiro atoms. The molecule has 2 aromatic carbocycles. The normalized spacial score (nSPS) is 11.1. The van der Waals surface area contributed by atoms with E-state index in [0.717, 1.165) is 22.5 Å².